The molecule has 0 N–H and O–H groups in total. The summed E-state index contributed by atoms with van der Waals surface area (Å²) in [4.78, 5) is 16.4. The lowest BCUT2D eigenvalue weighted by Gasteiger charge is -2.29. The van der Waals surface area contributed by atoms with E-state index in [9.17, 15) is 4.79 Å². The van der Waals surface area contributed by atoms with Crippen molar-refractivity contribution in [3.05, 3.63) is 27.8 Å². The molecule has 1 fully saturated rings. The van der Waals surface area contributed by atoms with E-state index in [2.05, 4.69) is 33.6 Å². The van der Waals surface area contributed by atoms with Crippen molar-refractivity contribution in [2.75, 3.05) is 52.5 Å². The molecule has 0 atom stereocenters. The van der Waals surface area contributed by atoms with Crippen molar-refractivity contribution in [2.45, 2.75) is 6.42 Å². The van der Waals surface area contributed by atoms with Gasteiger partial charge >= 0.3 is 0 Å². The van der Waals surface area contributed by atoms with Gasteiger partial charge in [-0.15, -0.1) is 0 Å². The number of carbonyl (C=O) groups is 1. The van der Waals surface area contributed by atoms with E-state index in [1.807, 2.05) is 24.3 Å². The fourth-order valence-corrected chi connectivity index (χ4v) is 2.76. The van der Waals surface area contributed by atoms with Gasteiger partial charge in [0, 0.05) is 36.3 Å². The number of rotatable bonds is 8. The third kappa shape index (κ3) is 6.63. The second-order valence-corrected chi connectivity index (χ2v) is 6.73. The molecule has 6 nitrogen and oxygen atoms in total. The summed E-state index contributed by atoms with van der Waals surface area (Å²) in [5, 5.41) is 8.80. The maximum absolute atomic E-state index is 12.4. The number of amides is 1. The molecule has 0 radical (unpaired) electrons. The molecule has 1 amide bonds. The first-order valence-electron chi connectivity index (χ1n) is 8.02. The largest absolute Gasteiger partial charge is 0.484 e. The van der Waals surface area contributed by atoms with Crippen LogP contribution in [-0.2, 0) is 9.53 Å². The summed E-state index contributed by atoms with van der Waals surface area (Å²) in [5.41, 5.74) is 0. The van der Waals surface area contributed by atoms with Crippen LogP contribution in [0.15, 0.2) is 24.3 Å². The lowest BCUT2D eigenvalue weighted by molar-refractivity contribution is -0.133. The number of hydrogen-bond acceptors (Lipinski definition) is 5. The van der Waals surface area contributed by atoms with Crippen LogP contribution in [0.4, 0.5) is 0 Å². The Morgan fingerprint density at radius 3 is 2.67 bits per heavy atom. The molecule has 7 heteroatoms. The minimum absolute atomic E-state index is 0.00483. The van der Waals surface area contributed by atoms with E-state index in [1.54, 1.807) is 4.90 Å². The molecule has 130 valence electrons. The molecule has 2 rings (SSSR count). The maximum atomic E-state index is 12.4. The molecule has 1 aliphatic heterocycles. The van der Waals surface area contributed by atoms with E-state index in [0.717, 1.165) is 36.4 Å². The minimum atomic E-state index is -0.0861. The van der Waals surface area contributed by atoms with Gasteiger partial charge in [0.05, 0.1) is 25.7 Å². The summed E-state index contributed by atoms with van der Waals surface area (Å²) >= 11 is 2.22. The van der Waals surface area contributed by atoms with Gasteiger partial charge in [-0.3, -0.25) is 9.69 Å². The first-order valence-corrected chi connectivity index (χ1v) is 9.10. The van der Waals surface area contributed by atoms with Gasteiger partial charge in [-0.05, 0) is 46.9 Å². The van der Waals surface area contributed by atoms with E-state index in [4.69, 9.17) is 14.7 Å². The van der Waals surface area contributed by atoms with Crippen LogP contribution in [-0.4, -0.2) is 68.3 Å². The zero-order chi connectivity index (χ0) is 17.2. The molecule has 1 aromatic rings. The summed E-state index contributed by atoms with van der Waals surface area (Å²) < 4.78 is 12.0. The van der Waals surface area contributed by atoms with E-state index in [-0.39, 0.29) is 12.5 Å². The summed E-state index contributed by atoms with van der Waals surface area (Å²) in [6, 6.07) is 9.67. The van der Waals surface area contributed by atoms with Crippen molar-refractivity contribution in [3.8, 4) is 11.8 Å². The van der Waals surface area contributed by atoms with Crippen LogP contribution in [0, 0.1) is 14.9 Å². The number of morpholine rings is 1. The molecule has 0 saturated carbocycles. The highest BCUT2D eigenvalue weighted by molar-refractivity contribution is 14.1. The van der Waals surface area contributed by atoms with Crippen LogP contribution >= 0.6 is 22.6 Å². The number of ether oxygens (including phenoxy) is 2. The van der Waals surface area contributed by atoms with Crippen molar-refractivity contribution >= 4 is 28.5 Å². The molecule has 1 aliphatic rings. The Bertz CT molecular complexity index is 553. The first-order chi connectivity index (χ1) is 11.7. The third-order valence-corrected chi connectivity index (χ3v) is 4.53. The molecular weight excluding hydrogens is 421 g/mol. The molecule has 24 heavy (non-hydrogen) atoms. The SMILES string of the molecule is N#CCCN(CCN1CCOCC1)C(=O)COc1ccc(I)cc1. The summed E-state index contributed by atoms with van der Waals surface area (Å²) in [6.07, 6.45) is 0.332. The maximum Gasteiger partial charge on any atom is 0.260 e. The van der Waals surface area contributed by atoms with Gasteiger partial charge in [0.15, 0.2) is 6.61 Å². The Kier molecular flexibility index (Phi) is 8.28. The van der Waals surface area contributed by atoms with Gasteiger partial charge in [-0.25, -0.2) is 0 Å². The smallest absolute Gasteiger partial charge is 0.260 e. The van der Waals surface area contributed by atoms with Crippen molar-refractivity contribution in [1.29, 1.82) is 5.26 Å². The predicted octanol–water partition coefficient (Wildman–Crippen LogP) is 1.74. The normalized spacial score (nSPS) is 14.8. The van der Waals surface area contributed by atoms with Gasteiger partial charge in [0.25, 0.3) is 5.91 Å². The highest BCUT2D eigenvalue weighted by atomic mass is 127. The minimum Gasteiger partial charge on any atom is -0.484 e. The van der Waals surface area contributed by atoms with Crippen LogP contribution in [0.1, 0.15) is 6.42 Å². The number of nitrogens with zero attached hydrogens (tertiary/aromatic N) is 3. The van der Waals surface area contributed by atoms with Crippen LogP contribution in [0.2, 0.25) is 0 Å². The van der Waals surface area contributed by atoms with E-state index < -0.39 is 0 Å². The van der Waals surface area contributed by atoms with Crippen molar-refractivity contribution in [2.24, 2.45) is 0 Å². The Morgan fingerprint density at radius 1 is 1.29 bits per heavy atom. The Labute approximate surface area is 156 Å². The average Bonchev–Trinajstić information content (AvgIpc) is 2.62. The van der Waals surface area contributed by atoms with Gasteiger partial charge in [0.1, 0.15) is 5.75 Å². The van der Waals surface area contributed by atoms with Gasteiger partial charge < -0.3 is 14.4 Å². The van der Waals surface area contributed by atoms with Crippen LogP contribution in [0.3, 0.4) is 0 Å². The van der Waals surface area contributed by atoms with Crippen LogP contribution < -0.4 is 4.74 Å². The fourth-order valence-electron chi connectivity index (χ4n) is 2.40. The Hall–Kier alpha value is -1.37. The molecule has 1 saturated heterocycles. The monoisotopic (exact) mass is 443 g/mol. The number of benzene rings is 1. The second kappa shape index (κ2) is 10.5. The van der Waals surface area contributed by atoms with Gasteiger partial charge in [0.2, 0.25) is 0 Å². The molecule has 0 aromatic heterocycles. The summed E-state index contributed by atoms with van der Waals surface area (Å²) in [6.45, 7) is 5.09. The number of halogens is 1. The zero-order valence-electron chi connectivity index (χ0n) is 13.6. The Morgan fingerprint density at radius 2 is 2.00 bits per heavy atom. The van der Waals surface area contributed by atoms with Crippen LogP contribution in [0.25, 0.3) is 0 Å². The van der Waals surface area contributed by atoms with Crippen molar-refractivity contribution in [3.63, 3.8) is 0 Å². The molecule has 0 unspecified atom stereocenters. The fraction of sp³-hybridized carbons (Fsp3) is 0.529. The lowest BCUT2D eigenvalue weighted by atomic mass is 10.3. The van der Waals surface area contributed by atoms with E-state index >= 15 is 0 Å². The summed E-state index contributed by atoms with van der Waals surface area (Å²) in [5.74, 6) is 0.592. The standard InChI is InChI=1S/C17H22IN3O3/c18-15-2-4-16(5-3-15)24-14-17(22)21(7-1-6-19)9-8-20-10-12-23-13-11-20/h2-5H,1,7-14H2. The Balaban J connectivity index is 1.81. The zero-order valence-corrected chi connectivity index (χ0v) is 15.8. The quantitative estimate of drug-likeness (QED) is 0.573. The number of nitriles is 1. The number of hydrogen-bond donors (Lipinski definition) is 0. The topological polar surface area (TPSA) is 65.8 Å². The second-order valence-electron chi connectivity index (χ2n) is 5.49. The molecule has 1 heterocycles. The average molecular weight is 443 g/mol. The van der Waals surface area contributed by atoms with Gasteiger partial charge in [-0.1, -0.05) is 0 Å². The van der Waals surface area contributed by atoms with Crippen molar-refractivity contribution in [1.82, 2.24) is 9.80 Å². The molecule has 0 spiro atoms. The van der Waals surface area contributed by atoms with Crippen molar-refractivity contribution < 1.29 is 14.3 Å². The third-order valence-electron chi connectivity index (χ3n) is 3.81. The van der Waals surface area contributed by atoms with E-state index in [1.165, 1.54) is 0 Å². The molecule has 0 bridgehead atoms. The number of carbonyl (C=O) groups excluding carboxylic acids is 1. The lowest BCUT2D eigenvalue weighted by Crippen LogP contribution is -2.44. The first kappa shape index (κ1) is 19.0. The van der Waals surface area contributed by atoms with E-state index in [0.29, 0.717) is 25.3 Å². The van der Waals surface area contributed by atoms with Crippen LogP contribution in [0.5, 0.6) is 5.75 Å². The molecule has 0 aliphatic carbocycles. The van der Waals surface area contributed by atoms with Gasteiger partial charge in [-0.2, -0.15) is 5.26 Å². The predicted molar refractivity (Wildman–Crippen MR) is 98.7 cm³/mol. The highest BCUT2D eigenvalue weighted by Gasteiger charge is 2.17. The molecule has 1 aromatic carbocycles. The molecular formula is C17H22IN3O3. The highest BCUT2D eigenvalue weighted by Crippen LogP contribution is 2.13. The summed E-state index contributed by atoms with van der Waals surface area (Å²) in [7, 11) is 0.